The van der Waals surface area contributed by atoms with Gasteiger partial charge < -0.3 is 10.1 Å². The van der Waals surface area contributed by atoms with Crippen molar-refractivity contribution < 1.29 is 4.74 Å². The quantitative estimate of drug-likeness (QED) is 0.887. The van der Waals surface area contributed by atoms with Crippen molar-refractivity contribution in [1.82, 2.24) is 10.3 Å². The Balaban J connectivity index is 1.69. The zero-order valence-corrected chi connectivity index (χ0v) is 14.6. The van der Waals surface area contributed by atoms with E-state index in [0.717, 1.165) is 6.61 Å². The molecule has 2 aliphatic rings. The molecule has 3 rings (SSSR count). The lowest BCUT2D eigenvalue weighted by Gasteiger charge is -2.55. The van der Waals surface area contributed by atoms with Crippen LogP contribution in [0.25, 0.3) is 0 Å². The van der Waals surface area contributed by atoms with E-state index in [2.05, 4.69) is 38.0 Å². The van der Waals surface area contributed by atoms with Gasteiger partial charge in [-0.25, -0.2) is 4.98 Å². The highest BCUT2D eigenvalue weighted by molar-refractivity contribution is 7.11. The van der Waals surface area contributed by atoms with Crippen LogP contribution in [0.2, 0.25) is 0 Å². The van der Waals surface area contributed by atoms with Gasteiger partial charge in [0.25, 0.3) is 0 Å². The summed E-state index contributed by atoms with van der Waals surface area (Å²) >= 11 is 1.84. The van der Waals surface area contributed by atoms with Gasteiger partial charge in [-0.1, -0.05) is 12.8 Å². The number of rotatable bonds is 5. The van der Waals surface area contributed by atoms with E-state index in [9.17, 15) is 0 Å². The first-order valence-corrected chi connectivity index (χ1v) is 9.20. The van der Waals surface area contributed by atoms with Crippen molar-refractivity contribution in [3.63, 3.8) is 0 Å². The Kier molecular flexibility index (Phi) is 4.40. The molecule has 1 spiro atoms. The van der Waals surface area contributed by atoms with Crippen LogP contribution in [0.5, 0.6) is 0 Å². The number of thiazole rings is 1. The van der Waals surface area contributed by atoms with Crippen molar-refractivity contribution in [2.45, 2.75) is 78.0 Å². The van der Waals surface area contributed by atoms with Gasteiger partial charge in [-0.2, -0.15) is 0 Å². The molecular formula is C17H28N2OS. The lowest BCUT2D eigenvalue weighted by molar-refractivity contribution is -0.132. The van der Waals surface area contributed by atoms with Gasteiger partial charge >= 0.3 is 0 Å². The fraction of sp³-hybridized carbons (Fsp3) is 0.824. The number of ether oxygens (including phenoxy) is 1. The van der Waals surface area contributed by atoms with Gasteiger partial charge in [0.2, 0.25) is 0 Å². The average molecular weight is 308 g/mol. The fourth-order valence-corrected chi connectivity index (χ4v) is 5.39. The summed E-state index contributed by atoms with van der Waals surface area (Å²) in [5, 5.41) is 5.07. The molecule has 2 saturated carbocycles. The number of nitrogens with zero attached hydrogens (tertiary/aromatic N) is 1. The highest BCUT2D eigenvalue weighted by Gasteiger charge is 2.56. The predicted molar refractivity (Wildman–Crippen MR) is 87.9 cm³/mol. The predicted octanol–water partition coefficient (Wildman–Crippen LogP) is 4.15. The van der Waals surface area contributed by atoms with Crippen molar-refractivity contribution in [2.24, 2.45) is 5.41 Å². The molecule has 3 unspecified atom stereocenters. The molecule has 4 heteroatoms. The van der Waals surface area contributed by atoms with Crippen molar-refractivity contribution in [3.8, 4) is 0 Å². The summed E-state index contributed by atoms with van der Waals surface area (Å²) in [7, 11) is 0. The van der Waals surface area contributed by atoms with Gasteiger partial charge in [0, 0.05) is 29.0 Å². The lowest BCUT2D eigenvalue weighted by Crippen LogP contribution is -2.62. The van der Waals surface area contributed by atoms with Crippen LogP contribution in [0.1, 0.15) is 67.6 Å². The maximum absolute atomic E-state index is 6.01. The fourth-order valence-electron chi connectivity index (χ4n) is 4.45. The van der Waals surface area contributed by atoms with Gasteiger partial charge in [0.1, 0.15) is 0 Å². The van der Waals surface area contributed by atoms with Crippen LogP contribution in [0.15, 0.2) is 0 Å². The first kappa shape index (κ1) is 15.4. The zero-order valence-electron chi connectivity index (χ0n) is 13.7. The summed E-state index contributed by atoms with van der Waals surface area (Å²) in [5.74, 6) is 0. The second-order valence-corrected chi connectivity index (χ2v) is 7.98. The van der Waals surface area contributed by atoms with E-state index in [-0.39, 0.29) is 0 Å². The molecule has 1 heterocycles. The topological polar surface area (TPSA) is 34.1 Å². The van der Waals surface area contributed by atoms with E-state index in [1.54, 1.807) is 0 Å². The molecule has 2 fully saturated rings. The molecule has 0 bridgehead atoms. The monoisotopic (exact) mass is 308 g/mol. The Morgan fingerprint density at radius 3 is 2.67 bits per heavy atom. The van der Waals surface area contributed by atoms with E-state index in [4.69, 9.17) is 4.74 Å². The lowest BCUT2D eigenvalue weighted by atomic mass is 9.60. The summed E-state index contributed by atoms with van der Waals surface area (Å²) in [5.41, 5.74) is 1.61. The average Bonchev–Trinajstić information content (AvgIpc) is 3.06. The second-order valence-electron chi connectivity index (χ2n) is 6.74. The minimum atomic E-state index is 0.404. The third-order valence-corrected chi connectivity index (χ3v) is 6.73. The maximum atomic E-state index is 6.01. The standard InChI is InChI=1S/C17H28N2OS/c1-5-20-15-10-14(17(15)8-6-7-9-17)19-12(3)16-11(2)18-13(4)21-16/h12,14-15,19H,5-10H2,1-4H3. The summed E-state index contributed by atoms with van der Waals surface area (Å²) in [6.45, 7) is 9.49. The summed E-state index contributed by atoms with van der Waals surface area (Å²) in [6, 6.07) is 1.02. The van der Waals surface area contributed by atoms with E-state index in [1.165, 1.54) is 47.7 Å². The normalized spacial score (nSPS) is 28.8. The van der Waals surface area contributed by atoms with Crippen molar-refractivity contribution in [3.05, 3.63) is 15.6 Å². The SMILES string of the molecule is CCOC1CC(NC(C)c2sc(C)nc2C)C12CCCC2. The van der Waals surface area contributed by atoms with Crippen LogP contribution in [0, 0.1) is 19.3 Å². The Morgan fingerprint density at radius 1 is 1.38 bits per heavy atom. The number of aryl methyl sites for hydroxylation is 2. The molecule has 0 saturated heterocycles. The Hall–Kier alpha value is -0.450. The molecule has 1 aromatic heterocycles. The van der Waals surface area contributed by atoms with E-state index < -0.39 is 0 Å². The van der Waals surface area contributed by atoms with Crippen molar-refractivity contribution in [1.29, 1.82) is 0 Å². The van der Waals surface area contributed by atoms with Gasteiger partial charge in [0.05, 0.1) is 16.8 Å². The van der Waals surface area contributed by atoms with Crippen molar-refractivity contribution >= 4 is 11.3 Å². The molecule has 21 heavy (non-hydrogen) atoms. The molecule has 2 aliphatic carbocycles. The highest BCUT2D eigenvalue weighted by Crippen LogP contribution is 2.55. The van der Waals surface area contributed by atoms with Crippen LogP contribution >= 0.6 is 11.3 Å². The summed E-state index contributed by atoms with van der Waals surface area (Å²) in [4.78, 5) is 5.97. The van der Waals surface area contributed by atoms with E-state index >= 15 is 0 Å². The molecule has 0 aliphatic heterocycles. The maximum Gasteiger partial charge on any atom is 0.0900 e. The van der Waals surface area contributed by atoms with Crippen LogP contribution in [0.3, 0.4) is 0 Å². The molecule has 1 aromatic rings. The Labute approximate surface area is 132 Å². The molecule has 118 valence electrons. The number of nitrogens with one attached hydrogen (secondary N) is 1. The minimum Gasteiger partial charge on any atom is -0.378 e. The van der Waals surface area contributed by atoms with Gasteiger partial charge in [-0.3, -0.25) is 0 Å². The number of hydrogen-bond donors (Lipinski definition) is 1. The molecule has 0 amide bonds. The van der Waals surface area contributed by atoms with Crippen LogP contribution in [-0.2, 0) is 4.74 Å². The van der Waals surface area contributed by atoms with Crippen LogP contribution in [0.4, 0.5) is 0 Å². The smallest absolute Gasteiger partial charge is 0.0900 e. The third kappa shape index (κ3) is 2.66. The first-order chi connectivity index (χ1) is 10.1. The molecule has 3 atom stereocenters. The summed E-state index contributed by atoms with van der Waals surface area (Å²) in [6.07, 6.45) is 7.07. The van der Waals surface area contributed by atoms with Gasteiger partial charge in [0.15, 0.2) is 0 Å². The van der Waals surface area contributed by atoms with Gasteiger partial charge in [-0.05, 0) is 47.0 Å². The Bertz CT molecular complexity index is 493. The molecule has 0 radical (unpaired) electrons. The third-order valence-electron chi connectivity index (χ3n) is 5.47. The van der Waals surface area contributed by atoms with Crippen molar-refractivity contribution in [2.75, 3.05) is 6.61 Å². The van der Waals surface area contributed by atoms with Gasteiger partial charge in [-0.15, -0.1) is 11.3 Å². The van der Waals surface area contributed by atoms with Crippen LogP contribution < -0.4 is 5.32 Å². The zero-order chi connectivity index (χ0) is 15.0. The first-order valence-electron chi connectivity index (χ1n) is 8.38. The summed E-state index contributed by atoms with van der Waals surface area (Å²) < 4.78 is 6.01. The minimum absolute atomic E-state index is 0.404. The molecule has 3 nitrogen and oxygen atoms in total. The largest absolute Gasteiger partial charge is 0.378 e. The Morgan fingerprint density at radius 2 is 2.10 bits per heavy atom. The van der Waals surface area contributed by atoms with Crippen LogP contribution in [-0.4, -0.2) is 23.7 Å². The van der Waals surface area contributed by atoms with E-state index in [1.807, 2.05) is 11.3 Å². The number of hydrogen-bond acceptors (Lipinski definition) is 4. The highest BCUT2D eigenvalue weighted by atomic mass is 32.1. The molecule has 1 N–H and O–H groups in total. The molecule has 0 aromatic carbocycles. The molecular weight excluding hydrogens is 280 g/mol. The second kappa shape index (κ2) is 5.98. The van der Waals surface area contributed by atoms with E-state index in [0.29, 0.717) is 23.6 Å². The number of aromatic nitrogens is 1.